The summed E-state index contributed by atoms with van der Waals surface area (Å²) in [6, 6.07) is 0. The molecule has 0 bridgehead atoms. The molecule has 0 aliphatic heterocycles. The van der Waals surface area contributed by atoms with Crippen LogP contribution >= 0.6 is 0 Å². The summed E-state index contributed by atoms with van der Waals surface area (Å²) in [6.07, 6.45) is 7.91. The van der Waals surface area contributed by atoms with Gasteiger partial charge < -0.3 is 10.5 Å². The summed E-state index contributed by atoms with van der Waals surface area (Å²) >= 11 is 0. The number of ether oxygens (including phenoxy) is 1. The molecule has 0 aromatic heterocycles. The lowest BCUT2D eigenvalue weighted by Gasteiger charge is -2.11. The summed E-state index contributed by atoms with van der Waals surface area (Å²) in [5.41, 5.74) is 6.78. The second kappa shape index (κ2) is 1.98. The molecule has 1 atom stereocenters. The summed E-state index contributed by atoms with van der Waals surface area (Å²) in [5.74, 6) is 0.914. The van der Waals surface area contributed by atoms with Crippen molar-refractivity contribution in [1.29, 1.82) is 0 Å². The lowest BCUT2D eigenvalue weighted by molar-refractivity contribution is 0.241. The normalized spacial score (nSPS) is 32.2. The van der Waals surface area contributed by atoms with E-state index in [0.29, 0.717) is 6.61 Å². The number of hydrogen-bond donors (Lipinski definition) is 1. The highest BCUT2D eigenvalue weighted by molar-refractivity contribution is 5.61. The van der Waals surface area contributed by atoms with Crippen LogP contribution in [0.4, 0.5) is 0 Å². The van der Waals surface area contributed by atoms with Gasteiger partial charge in [-0.25, -0.2) is 0 Å². The molecule has 2 heteroatoms. The second-order valence-corrected chi connectivity index (χ2v) is 2.85. The average Bonchev–Trinajstić information content (AvgIpc) is 2.61. The van der Waals surface area contributed by atoms with Crippen LogP contribution in [0.15, 0.2) is 35.6 Å². The summed E-state index contributed by atoms with van der Waals surface area (Å²) in [7, 11) is 0. The Morgan fingerprint density at radius 1 is 1.64 bits per heavy atom. The van der Waals surface area contributed by atoms with Crippen molar-refractivity contribution in [3.8, 4) is 0 Å². The summed E-state index contributed by atoms with van der Waals surface area (Å²) in [6.45, 7) is 2.68. The number of hydrogen-bond acceptors (Lipinski definition) is 2. The minimum absolute atomic E-state index is 0.222. The third-order valence-electron chi connectivity index (χ3n) is 1.94. The van der Waals surface area contributed by atoms with Crippen LogP contribution in [0, 0.1) is 0 Å². The van der Waals surface area contributed by atoms with E-state index in [4.69, 9.17) is 10.5 Å². The van der Waals surface area contributed by atoms with E-state index in [2.05, 4.69) is 0 Å². The third kappa shape index (κ3) is 0.994. The van der Waals surface area contributed by atoms with Crippen molar-refractivity contribution in [1.82, 2.24) is 0 Å². The molecule has 11 heavy (non-hydrogen) atoms. The Morgan fingerprint density at radius 2 is 2.45 bits per heavy atom. The van der Waals surface area contributed by atoms with E-state index < -0.39 is 0 Å². The number of fused-ring (bicyclic) bond motifs is 1. The van der Waals surface area contributed by atoms with Gasteiger partial charge in [-0.3, -0.25) is 0 Å². The molecule has 0 fully saturated rings. The maximum Gasteiger partial charge on any atom is 0.119 e. The first-order valence-electron chi connectivity index (χ1n) is 3.80. The Bertz CT molecular complexity index is 275. The summed E-state index contributed by atoms with van der Waals surface area (Å²) < 4.78 is 5.30. The van der Waals surface area contributed by atoms with Gasteiger partial charge in [0.05, 0.1) is 12.1 Å². The van der Waals surface area contributed by atoms with Gasteiger partial charge in [0.2, 0.25) is 0 Å². The zero-order valence-corrected chi connectivity index (χ0v) is 6.50. The van der Waals surface area contributed by atoms with E-state index >= 15 is 0 Å². The fourth-order valence-electron chi connectivity index (χ4n) is 1.21. The highest BCUT2D eigenvalue weighted by Gasteiger charge is 2.38. The zero-order valence-electron chi connectivity index (χ0n) is 6.50. The topological polar surface area (TPSA) is 35.2 Å². The zero-order chi connectivity index (χ0) is 7.90. The van der Waals surface area contributed by atoms with Gasteiger partial charge in [-0.05, 0) is 24.6 Å². The van der Waals surface area contributed by atoms with Crippen LogP contribution in [0.25, 0.3) is 0 Å². The van der Waals surface area contributed by atoms with Crippen LogP contribution in [-0.4, -0.2) is 12.1 Å². The highest BCUT2D eigenvalue weighted by atomic mass is 16.5. The maximum atomic E-state index is 5.83. The Morgan fingerprint density at radius 3 is 3.09 bits per heavy atom. The van der Waals surface area contributed by atoms with Gasteiger partial charge in [-0.2, -0.15) is 0 Å². The Hall–Kier alpha value is -1.02. The molecule has 2 nitrogen and oxygen atoms in total. The molecule has 2 aliphatic carbocycles. The monoisotopic (exact) mass is 149 g/mol. The van der Waals surface area contributed by atoms with E-state index in [0.717, 1.165) is 5.76 Å². The molecule has 2 rings (SSSR count). The van der Waals surface area contributed by atoms with Crippen molar-refractivity contribution in [2.75, 3.05) is 6.61 Å². The number of allylic oxidation sites excluding steroid dienone is 1. The molecule has 0 aromatic carbocycles. The maximum absolute atomic E-state index is 5.83. The second-order valence-electron chi connectivity index (χ2n) is 2.85. The molecule has 58 valence electrons. The van der Waals surface area contributed by atoms with Crippen molar-refractivity contribution >= 4 is 0 Å². The van der Waals surface area contributed by atoms with E-state index in [1.54, 1.807) is 0 Å². The minimum atomic E-state index is -0.222. The molecule has 0 spiro atoms. The van der Waals surface area contributed by atoms with Crippen LogP contribution in [0.2, 0.25) is 0 Å². The first-order valence-corrected chi connectivity index (χ1v) is 3.80. The minimum Gasteiger partial charge on any atom is -0.494 e. The molecule has 0 saturated heterocycles. The lowest BCUT2D eigenvalue weighted by Crippen LogP contribution is -2.24. The summed E-state index contributed by atoms with van der Waals surface area (Å²) in [5, 5.41) is 0. The number of nitrogens with two attached hydrogens (primary N) is 1. The van der Waals surface area contributed by atoms with Gasteiger partial charge in [-0.15, -0.1) is 0 Å². The van der Waals surface area contributed by atoms with Crippen molar-refractivity contribution in [2.24, 2.45) is 5.73 Å². The van der Waals surface area contributed by atoms with Gasteiger partial charge >= 0.3 is 0 Å². The lowest BCUT2D eigenvalue weighted by atomic mass is 10.1. The third-order valence-corrected chi connectivity index (χ3v) is 1.94. The van der Waals surface area contributed by atoms with Crippen LogP contribution in [0.1, 0.15) is 6.92 Å². The molecule has 0 amide bonds. The van der Waals surface area contributed by atoms with Crippen LogP contribution in [0.5, 0.6) is 0 Å². The SMILES string of the molecule is CCOC1=CC2=C[C@@]2(N)C=C1. The van der Waals surface area contributed by atoms with Crippen LogP contribution < -0.4 is 5.73 Å². The molecular formula is C9H11NO. The van der Waals surface area contributed by atoms with Crippen molar-refractivity contribution in [2.45, 2.75) is 12.5 Å². The van der Waals surface area contributed by atoms with Crippen LogP contribution in [0.3, 0.4) is 0 Å². The molecule has 0 radical (unpaired) electrons. The van der Waals surface area contributed by atoms with Gasteiger partial charge in [0.1, 0.15) is 5.76 Å². The molecule has 0 unspecified atom stereocenters. The Labute approximate surface area is 66.0 Å². The molecule has 0 aromatic rings. The number of rotatable bonds is 2. The van der Waals surface area contributed by atoms with Gasteiger partial charge in [0.25, 0.3) is 0 Å². The molecule has 0 heterocycles. The Balaban J connectivity index is 2.11. The standard InChI is InChI=1S/C9H11NO/c1-2-11-8-3-4-9(10)6-7(9)5-8/h3-6H,2,10H2,1H3/t9-/m0/s1. The molecule has 2 aliphatic rings. The van der Waals surface area contributed by atoms with Crippen molar-refractivity contribution in [3.05, 3.63) is 35.6 Å². The fraction of sp³-hybridized carbons (Fsp3) is 0.333. The van der Waals surface area contributed by atoms with Gasteiger partial charge in [0, 0.05) is 0 Å². The molecular weight excluding hydrogens is 138 g/mol. The van der Waals surface area contributed by atoms with Crippen LogP contribution in [-0.2, 0) is 4.74 Å². The predicted octanol–water partition coefficient (Wildman–Crippen LogP) is 1.11. The molecule has 2 N–H and O–H groups in total. The summed E-state index contributed by atoms with van der Waals surface area (Å²) in [4.78, 5) is 0. The smallest absolute Gasteiger partial charge is 0.119 e. The average molecular weight is 149 g/mol. The molecule has 0 saturated carbocycles. The van der Waals surface area contributed by atoms with E-state index in [-0.39, 0.29) is 5.54 Å². The van der Waals surface area contributed by atoms with E-state index in [9.17, 15) is 0 Å². The first-order chi connectivity index (χ1) is 5.24. The Kier molecular flexibility index (Phi) is 1.20. The highest BCUT2D eigenvalue weighted by Crippen LogP contribution is 2.38. The van der Waals surface area contributed by atoms with Gasteiger partial charge in [-0.1, -0.05) is 12.2 Å². The van der Waals surface area contributed by atoms with Crippen molar-refractivity contribution < 1.29 is 4.74 Å². The van der Waals surface area contributed by atoms with E-state index in [1.165, 1.54) is 5.57 Å². The largest absolute Gasteiger partial charge is 0.494 e. The quantitative estimate of drug-likeness (QED) is 0.638. The van der Waals surface area contributed by atoms with Gasteiger partial charge in [0.15, 0.2) is 0 Å². The van der Waals surface area contributed by atoms with Crippen molar-refractivity contribution in [3.63, 3.8) is 0 Å². The first kappa shape index (κ1) is 6.68. The van der Waals surface area contributed by atoms with E-state index in [1.807, 2.05) is 31.2 Å². The predicted molar refractivity (Wildman–Crippen MR) is 43.9 cm³/mol. The fourth-order valence-corrected chi connectivity index (χ4v) is 1.21.